The summed E-state index contributed by atoms with van der Waals surface area (Å²) in [6.45, 7) is 0. The number of anilines is 3. The second kappa shape index (κ2) is 14.0. The molecular weight excluding hydrogens is 663 g/mol. The first-order chi connectivity index (χ1) is 33.5. The van der Waals surface area contributed by atoms with Crippen molar-refractivity contribution in [3.05, 3.63) is 224 Å². The van der Waals surface area contributed by atoms with E-state index in [-0.39, 0.29) is 28.2 Å². The van der Waals surface area contributed by atoms with Crippen molar-refractivity contribution in [3.63, 3.8) is 0 Å². The molecule has 0 fully saturated rings. The van der Waals surface area contributed by atoms with Crippen molar-refractivity contribution in [1.82, 2.24) is 0 Å². The van der Waals surface area contributed by atoms with Gasteiger partial charge in [0.15, 0.2) is 0 Å². The van der Waals surface area contributed by atoms with Gasteiger partial charge in [-0.25, -0.2) is 0 Å². The molecule has 0 saturated carbocycles. The average Bonchev–Trinajstić information content (AvgIpc) is 3.38. The minimum absolute atomic E-state index is 0.156. The van der Waals surface area contributed by atoms with Gasteiger partial charge < -0.3 is 4.90 Å². The monoisotopic (exact) mass is 714 g/mol. The number of nitrogens with zero attached hydrogens (tertiary/aromatic N) is 1. The Hall–Kier alpha value is -7.22. The largest absolute Gasteiger partial charge is 0.310 e. The Kier molecular flexibility index (Phi) is 5.15. The molecule has 1 heteroatoms. The minimum atomic E-state index is -0.765. The maximum atomic E-state index is 9.48. The lowest BCUT2D eigenvalue weighted by atomic mass is 9.84. The van der Waals surface area contributed by atoms with Gasteiger partial charge in [0, 0.05) is 16.8 Å². The van der Waals surface area contributed by atoms with Crippen LogP contribution in [0.15, 0.2) is 224 Å². The van der Waals surface area contributed by atoms with Crippen LogP contribution in [0, 0.1) is 0 Å². The van der Waals surface area contributed by atoms with E-state index in [9.17, 15) is 6.85 Å². The van der Waals surface area contributed by atoms with E-state index in [4.69, 9.17) is 13.7 Å². The first kappa shape index (κ1) is 20.3. The zero-order valence-corrected chi connectivity index (χ0v) is 29.1. The smallest absolute Gasteiger partial charge is 0.0645 e. The molecular formula is C54H37N. The Bertz CT molecular complexity index is 3770. The summed E-state index contributed by atoms with van der Waals surface area (Å²) < 4.78 is 132. The van der Waals surface area contributed by atoms with E-state index in [1.807, 2.05) is 54.6 Å². The van der Waals surface area contributed by atoms with Crippen molar-refractivity contribution < 1.29 is 20.6 Å². The molecule has 0 heterocycles. The van der Waals surface area contributed by atoms with E-state index in [0.29, 0.717) is 0 Å². The molecule has 0 N–H and O–H groups in total. The summed E-state index contributed by atoms with van der Waals surface area (Å²) in [5.74, 6) is 0. The second-order valence-electron chi connectivity index (χ2n) is 12.9. The molecule has 10 aromatic carbocycles. The average molecular weight is 715 g/mol. The fraction of sp³-hybridized carbons (Fsp3) is 0. The van der Waals surface area contributed by atoms with E-state index in [0.717, 1.165) is 61.0 Å². The first-order valence-electron chi connectivity index (χ1n) is 25.2. The van der Waals surface area contributed by atoms with Crippen LogP contribution in [-0.2, 0) is 0 Å². The van der Waals surface area contributed by atoms with Crippen LogP contribution >= 0.6 is 0 Å². The van der Waals surface area contributed by atoms with Gasteiger partial charge in [0.05, 0.1) is 26.2 Å². The van der Waals surface area contributed by atoms with E-state index in [2.05, 4.69) is 48.5 Å². The number of hydrogen-bond acceptors (Lipinski definition) is 1. The number of fused-ring (bicyclic) bond motifs is 4. The highest BCUT2D eigenvalue weighted by atomic mass is 15.1. The minimum Gasteiger partial charge on any atom is -0.310 e. The Morgan fingerprint density at radius 3 is 1.62 bits per heavy atom. The summed E-state index contributed by atoms with van der Waals surface area (Å²) in [6.07, 6.45) is 0. The van der Waals surface area contributed by atoms with E-state index in [1.165, 1.54) is 4.90 Å². The normalized spacial score (nSPS) is 15.1. The van der Waals surface area contributed by atoms with Crippen LogP contribution in [-0.4, -0.2) is 0 Å². The third kappa shape index (κ3) is 5.93. The molecule has 10 aromatic rings. The summed E-state index contributed by atoms with van der Waals surface area (Å²) in [6, 6.07) is 33.0. The topological polar surface area (TPSA) is 3.24 Å². The lowest BCUT2D eigenvalue weighted by Crippen LogP contribution is -2.10. The van der Waals surface area contributed by atoms with Gasteiger partial charge in [-0.2, -0.15) is 0 Å². The Balaban J connectivity index is 1.23. The third-order valence-corrected chi connectivity index (χ3v) is 9.77. The van der Waals surface area contributed by atoms with Crippen LogP contribution in [0.2, 0.25) is 0 Å². The lowest BCUT2D eigenvalue weighted by molar-refractivity contribution is 1.30. The lowest BCUT2D eigenvalue weighted by Gasteiger charge is -2.27. The van der Waals surface area contributed by atoms with Crippen LogP contribution in [0.4, 0.5) is 17.1 Å². The Labute approximate surface area is 343 Å². The molecule has 10 rings (SSSR count). The van der Waals surface area contributed by atoms with Crippen molar-refractivity contribution in [2.45, 2.75) is 0 Å². The van der Waals surface area contributed by atoms with Gasteiger partial charge in [-0.15, -0.1) is 0 Å². The summed E-state index contributed by atoms with van der Waals surface area (Å²) >= 11 is 0. The number of hydrogen-bond donors (Lipinski definition) is 0. The molecule has 0 radical (unpaired) electrons. The molecule has 0 bridgehead atoms. The van der Waals surface area contributed by atoms with Gasteiger partial charge in [0.25, 0.3) is 0 Å². The molecule has 0 unspecified atom stereocenters. The van der Waals surface area contributed by atoms with Crippen LogP contribution in [0.1, 0.15) is 20.6 Å². The second-order valence-corrected chi connectivity index (χ2v) is 12.9. The molecule has 0 aliphatic carbocycles. The number of rotatable bonds is 7. The fourth-order valence-electron chi connectivity index (χ4n) is 7.29. The van der Waals surface area contributed by atoms with E-state index >= 15 is 0 Å². The van der Waals surface area contributed by atoms with Crippen LogP contribution in [0.3, 0.4) is 0 Å². The summed E-state index contributed by atoms with van der Waals surface area (Å²) in [4.78, 5) is 1.20. The predicted molar refractivity (Wildman–Crippen MR) is 235 cm³/mol. The van der Waals surface area contributed by atoms with Crippen molar-refractivity contribution in [2.24, 2.45) is 0 Å². The Morgan fingerprint density at radius 1 is 0.309 bits per heavy atom. The van der Waals surface area contributed by atoms with Gasteiger partial charge in [-0.3, -0.25) is 0 Å². The van der Waals surface area contributed by atoms with Gasteiger partial charge in [-0.1, -0.05) is 188 Å². The van der Waals surface area contributed by atoms with Crippen molar-refractivity contribution in [3.8, 4) is 44.5 Å². The maximum Gasteiger partial charge on any atom is 0.0645 e. The van der Waals surface area contributed by atoms with Gasteiger partial charge in [-0.05, 0) is 108 Å². The van der Waals surface area contributed by atoms with Gasteiger partial charge >= 0.3 is 0 Å². The molecule has 55 heavy (non-hydrogen) atoms. The van der Waals surface area contributed by atoms with Crippen LogP contribution < -0.4 is 4.90 Å². The van der Waals surface area contributed by atoms with Crippen LogP contribution in [0.25, 0.3) is 76.8 Å². The summed E-state index contributed by atoms with van der Waals surface area (Å²) in [7, 11) is 0. The van der Waals surface area contributed by atoms with Crippen molar-refractivity contribution in [2.75, 3.05) is 4.90 Å². The number of benzene rings is 10. The van der Waals surface area contributed by atoms with Crippen LogP contribution in [0.5, 0.6) is 0 Å². The molecule has 0 spiro atoms. The highest BCUT2D eigenvalue weighted by Gasteiger charge is 2.19. The molecule has 0 aliphatic rings. The highest BCUT2D eigenvalue weighted by Crippen LogP contribution is 2.46. The first-order valence-corrected chi connectivity index (χ1v) is 17.7. The van der Waals surface area contributed by atoms with E-state index < -0.39 is 101 Å². The molecule has 0 saturated heterocycles. The molecule has 0 aliphatic heterocycles. The quantitative estimate of drug-likeness (QED) is 0.149. The van der Waals surface area contributed by atoms with Gasteiger partial charge in [0.2, 0.25) is 0 Å². The SMILES string of the molecule is [2H]c1cc([2H])c2c([2H])c([2H])c([2H])c([2H])c2c1N(c1ccc(-c2ccc3c(c2)c(-c2ccccc2)c(-c2ccccc2)c2ccccc23)cc1)c1c([2H])c([2H])c(-c2c([2H])c([2H])c([2H])c([2H])c2[2H])c([2H])c1[2H]. The summed E-state index contributed by atoms with van der Waals surface area (Å²) in [5.41, 5.74) is 4.07. The molecule has 258 valence electrons. The van der Waals surface area contributed by atoms with Crippen molar-refractivity contribution >= 4 is 49.4 Å². The molecule has 0 amide bonds. The van der Waals surface area contributed by atoms with Gasteiger partial charge in [0.1, 0.15) is 0 Å². The zero-order valence-electron chi connectivity index (χ0n) is 44.1. The Morgan fingerprint density at radius 2 is 0.891 bits per heavy atom. The molecule has 1 nitrogen and oxygen atoms in total. The maximum absolute atomic E-state index is 9.48. The summed E-state index contributed by atoms with van der Waals surface area (Å²) in [5, 5.41) is 3.68. The standard InChI is InChI=1S/C54H37N/c1-4-15-38(16-5-1)39-27-32-45(33-28-39)55(52-26-14-22-41-17-10-11-23-47(41)52)46-34-29-40(30-35-46)44-31-36-49-48-24-12-13-25-50(48)53(42-18-6-2-7-19-42)54(51(49)37-44)43-20-8-3-9-21-43/h1-37H/i1D,4D,5D,10D,11D,15D,16D,17D,22D,23D,26D,27D,28D,32D,33D. The van der Waals surface area contributed by atoms with E-state index in [1.54, 1.807) is 24.3 Å². The predicted octanol–water partition coefficient (Wildman–Crippen LogP) is 15.3. The molecule has 0 atom stereocenters. The molecule has 0 aromatic heterocycles. The fourth-order valence-corrected chi connectivity index (χ4v) is 7.29. The zero-order chi connectivity index (χ0) is 49.6. The highest BCUT2D eigenvalue weighted by molar-refractivity contribution is 6.22. The third-order valence-electron chi connectivity index (χ3n) is 9.77. The van der Waals surface area contributed by atoms with Crippen molar-refractivity contribution in [1.29, 1.82) is 0 Å².